The molecule has 9 aromatic rings. The standard InChI is InChI=1S/C44H30N2/c1-2-13-32(14-3-1)45-41-19-8-7-17-37(41)40-28-39-31(27-43(40)45)23-26-38-36-16-6-9-20-42(36)46(44(38)39)33-24-21-30(22-25-33)35-18-10-12-29-11-4-5-15-34(29)35/h2,4-28H,1,3H2. The lowest BCUT2D eigenvalue weighted by Crippen LogP contribution is -1.97. The van der Waals surface area contributed by atoms with Gasteiger partial charge in [0.1, 0.15) is 0 Å². The van der Waals surface area contributed by atoms with Gasteiger partial charge >= 0.3 is 0 Å². The van der Waals surface area contributed by atoms with Crippen molar-refractivity contribution in [3.63, 3.8) is 0 Å². The lowest BCUT2D eigenvalue weighted by molar-refractivity contribution is 1.02. The average Bonchev–Trinajstić information content (AvgIpc) is 3.64. The fraction of sp³-hybridized carbons (Fsp3) is 0.0455. The van der Waals surface area contributed by atoms with Crippen LogP contribution in [0.15, 0.2) is 158 Å². The predicted octanol–water partition coefficient (Wildman–Crippen LogP) is 12.1. The van der Waals surface area contributed by atoms with E-state index in [1.807, 2.05) is 0 Å². The van der Waals surface area contributed by atoms with Crippen LogP contribution in [0.4, 0.5) is 0 Å². The molecule has 1 aliphatic rings. The topological polar surface area (TPSA) is 9.86 Å². The largest absolute Gasteiger partial charge is 0.310 e. The number of benzene rings is 7. The molecule has 2 aromatic heterocycles. The summed E-state index contributed by atoms with van der Waals surface area (Å²) in [5, 5.41) is 10.2. The fourth-order valence-corrected chi connectivity index (χ4v) is 7.83. The van der Waals surface area contributed by atoms with Crippen molar-refractivity contribution in [3.8, 4) is 16.8 Å². The van der Waals surface area contributed by atoms with Crippen LogP contribution in [-0.2, 0) is 0 Å². The van der Waals surface area contributed by atoms with E-state index >= 15 is 0 Å². The highest BCUT2D eigenvalue weighted by atomic mass is 15.0. The zero-order chi connectivity index (χ0) is 30.2. The van der Waals surface area contributed by atoms with Crippen molar-refractivity contribution in [2.75, 3.05) is 0 Å². The van der Waals surface area contributed by atoms with E-state index < -0.39 is 0 Å². The fourth-order valence-electron chi connectivity index (χ4n) is 7.83. The number of allylic oxidation sites excluding steroid dienone is 4. The molecule has 10 rings (SSSR count). The van der Waals surface area contributed by atoms with E-state index in [9.17, 15) is 0 Å². The molecule has 1 aliphatic carbocycles. The third-order valence-corrected chi connectivity index (χ3v) is 9.90. The monoisotopic (exact) mass is 586 g/mol. The van der Waals surface area contributed by atoms with Crippen LogP contribution in [0.3, 0.4) is 0 Å². The summed E-state index contributed by atoms with van der Waals surface area (Å²) in [5.74, 6) is 0. The average molecular weight is 587 g/mol. The van der Waals surface area contributed by atoms with E-state index in [0.29, 0.717) is 0 Å². The first kappa shape index (κ1) is 25.5. The Labute approximate surface area is 266 Å². The maximum Gasteiger partial charge on any atom is 0.0619 e. The number of rotatable bonds is 3. The van der Waals surface area contributed by atoms with E-state index in [2.05, 4.69) is 167 Å². The Morgan fingerprint density at radius 3 is 1.96 bits per heavy atom. The molecule has 0 atom stereocenters. The summed E-state index contributed by atoms with van der Waals surface area (Å²) in [6.07, 6.45) is 9.13. The van der Waals surface area contributed by atoms with Crippen molar-refractivity contribution in [1.82, 2.24) is 9.13 Å². The van der Waals surface area contributed by atoms with Crippen molar-refractivity contribution >= 4 is 70.9 Å². The minimum Gasteiger partial charge on any atom is -0.310 e. The summed E-state index contributed by atoms with van der Waals surface area (Å²) in [6, 6.07) is 51.5. The van der Waals surface area contributed by atoms with E-state index in [1.165, 1.54) is 87.7 Å². The van der Waals surface area contributed by atoms with Gasteiger partial charge in [-0.05, 0) is 82.6 Å². The van der Waals surface area contributed by atoms with Crippen LogP contribution in [0.5, 0.6) is 0 Å². The number of hydrogen-bond acceptors (Lipinski definition) is 0. The summed E-state index contributed by atoms with van der Waals surface area (Å²) in [7, 11) is 0. The van der Waals surface area contributed by atoms with Gasteiger partial charge in [0.2, 0.25) is 0 Å². The van der Waals surface area contributed by atoms with Gasteiger partial charge in [-0.2, -0.15) is 0 Å². The Morgan fingerprint density at radius 2 is 1.15 bits per heavy atom. The molecule has 0 bridgehead atoms. The lowest BCUT2D eigenvalue weighted by Gasteiger charge is -2.13. The molecule has 2 nitrogen and oxygen atoms in total. The van der Waals surface area contributed by atoms with Gasteiger partial charge in [0.25, 0.3) is 0 Å². The van der Waals surface area contributed by atoms with Crippen LogP contribution in [-0.4, -0.2) is 9.13 Å². The smallest absolute Gasteiger partial charge is 0.0619 e. The highest BCUT2D eigenvalue weighted by Crippen LogP contribution is 2.41. The molecule has 0 radical (unpaired) electrons. The number of nitrogens with zero attached hydrogens (tertiary/aromatic N) is 2. The van der Waals surface area contributed by atoms with Crippen LogP contribution in [0.1, 0.15) is 12.8 Å². The van der Waals surface area contributed by atoms with Gasteiger partial charge in [0.15, 0.2) is 0 Å². The summed E-state index contributed by atoms with van der Waals surface area (Å²) in [4.78, 5) is 0. The molecule has 0 unspecified atom stereocenters. The highest BCUT2D eigenvalue weighted by Gasteiger charge is 2.19. The van der Waals surface area contributed by atoms with Crippen LogP contribution in [0.2, 0.25) is 0 Å². The first-order valence-electron chi connectivity index (χ1n) is 16.2. The van der Waals surface area contributed by atoms with Gasteiger partial charge in [-0.3, -0.25) is 0 Å². The molecule has 7 aromatic carbocycles. The highest BCUT2D eigenvalue weighted by molar-refractivity contribution is 6.23. The van der Waals surface area contributed by atoms with E-state index in [1.54, 1.807) is 0 Å². The molecule has 0 N–H and O–H groups in total. The van der Waals surface area contributed by atoms with Gasteiger partial charge in [-0.25, -0.2) is 0 Å². The number of aromatic nitrogens is 2. The van der Waals surface area contributed by atoms with Crippen LogP contribution in [0, 0.1) is 0 Å². The molecule has 216 valence electrons. The third-order valence-electron chi connectivity index (χ3n) is 9.90. The zero-order valence-electron chi connectivity index (χ0n) is 25.3. The maximum atomic E-state index is 2.47. The Hall–Kier alpha value is -5.86. The molecular formula is C44H30N2. The van der Waals surface area contributed by atoms with Crippen LogP contribution in [0.25, 0.3) is 87.7 Å². The summed E-state index contributed by atoms with van der Waals surface area (Å²) in [5.41, 5.74) is 9.92. The van der Waals surface area contributed by atoms with E-state index in [0.717, 1.165) is 12.8 Å². The van der Waals surface area contributed by atoms with Crippen molar-refractivity contribution in [2.24, 2.45) is 0 Å². The first-order valence-corrected chi connectivity index (χ1v) is 16.2. The maximum absolute atomic E-state index is 2.47. The molecule has 0 amide bonds. The van der Waals surface area contributed by atoms with E-state index in [-0.39, 0.29) is 0 Å². The third kappa shape index (κ3) is 3.64. The van der Waals surface area contributed by atoms with Crippen LogP contribution >= 0.6 is 0 Å². The van der Waals surface area contributed by atoms with Crippen molar-refractivity contribution in [3.05, 3.63) is 158 Å². The van der Waals surface area contributed by atoms with Crippen molar-refractivity contribution in [1.29, 1.82) is 0 Å². The SMILES string of the molecule is C1=CC(n2c3ccccc3c3cc4c(ccc5c6ccccc6n(-c6ccc(-c7cccc8ccccc78)cc6)c45)cc32)=CCC1. The number of fused-ring (bicyclic) bond motifs is 9. The van der Waals surface area contributed by atoms with Crippen LogP contribution < -0.4 is 0 Å². The van der Waals surface area contributed by atoms with Crippen molar-refractivity contribution in [2.45, 2.75) is 12.8 Å². The molecule has 0 fully saturated rings. The van der Waals surface area contributed by atoms with E-state index in [4.69, 9.17) is 0 Å². The molecule has 0 saturated carbocycles. The molecule has 0 saturated heterocycles. The molecular weight excluding hydrogens is 556 g/mol. The quantitative estimate of drug-likeness (QED) is 0.195. The molecule has 2 heteroatoms. The Morgan fingerprint density at radius 1 is 0.435 bits per heavy atom. The van der Waals surface area contributed by atoms with Gasteiger partial charge in [0, 0.05) is 38.3 Å². The summed E-state index contributed by atoms with van der Waals surface area (Å²) < 4.78 is 4.92. The van der Waals surface area contributed by atoms with Crippen molar-refractivity contribution < 1.29 is 0 Å². The second kappa shape index (κ2) is 9.82. The Bertz CT molecular complexity index is 2730. The van der Waals surface area contributed by atoms with Gasteiger partial charge in [-0.1, -0.05) is 115 Å². The lowest BCUT2D eigenvalue weighted by atomic mass is 9.98. The normalized spacial score (nSPS) is 13.5. The van der Waals surface area contributed by atoms with Gasteiger partial charge < -0.3 is 9.13 Å². The molecule has 0 aliphatic heterocycles. The minimum absolute atomic E-state index is 1.08. The zero-order valence-corrected chi connectivity index (χ0v) is 25.3. The second-order valence-electron chi connectivity index (χ2n) is 12.4. The number of hydrogen-bond donors (Lipinski definition) is 0. The van der Waals surface area contributed by atoms with Gasteiger partial charge in [0.05, 0.1) is 22.1 Å². The van der Waals surface area contributed by atoms with Gasteiger partial charge in [-0.15, -0.1) is 0 Å². The Kier molecular flexibility index (Phi) is 5.44. The first-order chi connectivity index (χ1) is 22.8. The minimum atomic E-state index is 1.08. The molecule has 46 heavy (non-hydrogen) atoms. The molecule has 2 heterocycles. The summed E-state index contributed by atoms with van der Waals surface area (Å²) >= 11 is 0. The predicted molar refractivity (Wildman–Crippen MR) is 197 cm³/mol. The molecule has 0 spiro atoms. The summed E-state index contributed by atoms with van der Waals surface area (Å²) in [6.45, 7) is 0. The number of para-hydroxylation sites is 2. The second-order valence-corrected chi connectivity index (χ2v) is 12.4. The Balaban J connectivity index is 1.25.